The maximum Gasteiger partial charge on any atom is 0.243 e. The molecule has 1 aromatic carbocycles. The minimum absolute atomic E-state index is 0.288. The molecule has 0 amide bonds. The standard InChI is InChI=1S/C18H24N2O2S2/c1-19(12-9-16-6-3-2-4-7-16)17-8-5-11-20(14-17)24(21,22)18-10-13-23-15-18/h2-4,6-7,10,13,15,17H,5,8-9,11-12,14H2,1H3/t17-/m0/s1. The Labute approximate surface area is 148 Å². The van der Waals surface area contributed by atoms with E-state index in [2.05, 4.69) is 36.2 Å². The van der Waals surface area contributed by atoms with Crippen LogP contribution in [0.25, 0.3) is 0 Å². The molecule has 1 atom stereocenters. The number of rotatable bonds is 6. The van der Waals surface area contributed by atoms with Crippen LogP contribution in [-0.2, 0) is 16.4 Å². The Morgan fingerprint density at radius 2 is 2.04 bits per heavy atom. The molecule has 0 N–H and O–H groups in total. The highest BCUT2D eigenvalue weighted by Gasteiger charge is 2.31. The molecular weight excluding hydrogens is 340 g/mol. The zero-order valence-corrected chi connectivity index (χ0v) is 15.6. The van der Waals surface area contributed by atoms with Crippen LogP contribution < -0.4 is 0 Å². The molecule has 1 fully saturated rings. The summed E-state index contributed by atoms with van der Waals surface area (Å²) >= 11 is 1.43. The summed E-state index contributed by atoms with van der Waals surface area (Å²) in [5, 5.41) is 3.54. The molecule has 130 valence electrons. The lowest BCUT2D eigenvalue weighted by molar-refractivity contribution is 0.164. The van der Waals surface area contributed by atoms with E-state index in [0.717, 1.165) is 25.8 Å². The first-order valence-corrected chi connectivity index (χ1v) is 10.7. The van der Waals surface area contributed by atoms with Crippen molar-refractivity contribution in [3.8, 4) is 0 Å². The van der Waals surface area contributed by atoms with Crippen molar-refractivity contribution in [2.24, 2.45) is 0 Å². The third-order valence-corrected chi connectivity index (χ3v) is 7.41. The molecular formula is C18H24N2O2S2. The molecule has 1 aliphatic heterocycles. The van der Waals surface area contributed by atoms with Crippen LogP contribution >= 0.6 is 11.3 Å². The van der Waals surface area contributed by atoms with Gasteiger partial charge < -0.3 is 4.90 Å². The van der Waals surface area contributed by atoms with Crippen LogP contribution in [0.3, 0.4) is 0 Å². The molecule has 24 heavy (non-hydrogen) atoms. The summed E-state index contributed by atoms with van der Waals surface area (Å²) in [5.74, 6) is 0. The van der Waals surface area contributed by atoms with Gasteiger partial charge in [-0.25, -0.2) is 8.42 Å². The van der Waals surface area contributed by atoms with E-state index in [-0.39, 0.29) is 6.04 Å². The van der Waals surface area contributed by atoms with Gasteiger partial charge in [0, 0.05) is 31.1 Å². The van der Waals surface area contributed by atoms with Gasteiger partial charge in [0.05, 0.1) is 4.90 Å². The van der Waals surface area contributed by atoms with E-state index in [1.54, 1.807) is 15.8 Å². The first-order valence-electron chi connectivity index (χ1n) is 8.34. The van der Waals surface area contributed by atoms with E-state index in [9.17, 15) is 8.42 Å². The third kappa shape index (κ3) is 4.06. The van der Waals surface area contributed by atoms with Crippen LogP contribution in [0.2, 0.25) is 0 Å². The van der Waals surface area contributed by atoms with Crippen LogP contribution in [-0.4, -0.2) is 50.3 Å². The van der Waals surface area contributed by atoms with Crippen molar-refractivity contribution in [2.75, 3.05) is 26.7 Å². The number of likely N-dealkylation sites (N-methyl/N-ethyl adjacent to an activating group) is 1. The zero-order valence-electron chi connectivity index (χ0n) is 14.0. The van der Waals surface area contributed by atoms with Crippen molar-refractivity contribution >= 4 is 21.4 Å². The van der Waals surface area contributed by atoms with Gasteiger partial charge in [0.25, 0.3) is 0 Å². The summed E-state index contributed by atoms with van der Waals surface area (Å²) in [4.78, 5) is 2.74. The highest BCUT2D eigenvalue weighted by Crippen LogP contribution is 2.24. The average Bonchev–Trinajstić information content (AvgIpc) is 3.16. The van der Waals surface area contributed by atoms with E-state index in [0.29, 0.717) is 18.0 Å². The second-order valence-electron chi connectivity index (χ2n) is 6.33. The van der Waals surface area contributed by atoms with Crippen molar-refractivity contribution in [1.29, 1.82) is 0 Å². The monoisotopic (exact) mass is 364 g/mol. The summed E-state index contributed by atoms with van der Waals surface area (Å²) < 4.78 is 27.1. The summed E-state index contributed by atoms with van der Waals surface area (Å²) in [6.07, 6.45) is 2.97. The normalized spacial score (nSPS) is 19.7. The topological polar surface area (TPSA) is 40.6 Å². The molecule has 1 aromatic heterocycles. The Morgan fingerprint density at radius 3 is 2.75 bits per heavy atom. The molecule has 2 aromatic rings. The number of hydrogen-bond donors (Lipinski definition) is 0. The summed E-state index contributed by atoms with van der Waals surface area (Å²) in [7, 11) is -1.23. The molecule has 0 radical (unpaired) electrons. The third-order valence-electron chi connectivity index (χ3n) is 4.71. The Morgan fingerprint density at radius 1 is 1.25 bits per heavy atom. The van der Waals surface area contributed by atoms with Crippen molar-refractivity contribution in [3.63, 3.8) is 0 Å². The first-order chi connectivity index (χ1) is 11.6. The summed E-state index contributed by atoms with van der Waals surface area (Å²) in [6.45, 7) is 2.16. The fourth-order valence-corrected chi connectivity index (χ4v) is 5.71. The molecule has 0 aliphatic carbocycles. The fourth-order valence-electron chi connectivity index (χ4n) is 3.18. The van der Waals surface area contributed by atoms with Gasteiger partial charge in [-0.2, -0.15) is 15.6 Å². The number of benzene rings is 1. The van der Waals surface area contributed by atoms with Crippen LogP contribution in [0.4, 0.5) is 0 Å². The molecule has 6 heteroatoms. The predicted octanol–water partition coefficient (Wildman–Crippen LogP) is 3.08. The molecule has 0 saturated carbocycles. The van der Waals surface area contributed by atoms with Crippen molar-refractivity contribution in [3.05, 3.63) is 52.7 Å². The summed E-state index contributed by atoms with van der Waals surface area (Å²) in [5.41, 5.74) is 1.32. The van der Waals surface area contributed by atoms with Gasteiger partial charge in [-0.15, -0.1) is 0 Å². The maximum atomic E-state index is 12.7. The largest absolute Gasteiger partial charge is 0.302 e. The quantitative estimate of drug-likeness (QED) is 0.791. The number of nitrogens with zero attached hydrogens (tertiary/aromatic N) is 2. The van der Waals surface area contributed by atoms with E-state index in [4.69, 9.17) is 0 Å². The molecule has 1 saturated heterocycles. The number of sulfonamides is 1. The van der Waals surface area contributed by atoms with Crippen molar-refractivity contribution in [2.45, 2.75) is 30.2 Å². The zero-order chi connectivity index (χ0) is 17.0. The minimum Gasteiger partial charge on any atom is -0.302 e. The summed E-state index contributed by atoms with van der Waals surface area (Å²) in [6, 6.07) is 12.4. The van der Waals surface area contributed by atoms with Gasteiger partial charge in [-0.3, -0.25) is 0 Å². The van der Waals surface area contributed by atoms with Gasteiger partial charge in [0.2, 0.25) is 10.0 Å². The maximum absolute atomic E-state index is 12.7. The highest BCUT2D eigenvalue weighted by atomic mass is 32.2. The second-order valence-corrected chi connectivity index (χ2v) is 9.05. The minimum atomic E-state index is -3.34. The van der Waals surface area contributed by atoms with Crippen LogP contribution in [0, 0.1) is 0 Å². The second kappa shape index (κ2) is 7.78. The van der Waals surface area contributed by atoms with E-state index >= 15 is 0 Å². The fraction of sp³-hybridized carbons (Fsp3) is 0.444. The molecule has 3 rings (SSSR count). The molecule has 0 bridgehead atoms. The van der Waals surface area contributed by atoms with E-state index < -0.39 is 10.0 Å². The number of thiophene rings is 1. The Bertz CT molecular complexity index is 730. The molecule has 1 aliphatic rings. The lowest BCUT2D eigenvalue weighted by Gasteiger charge is -2.36. The molecule has 4 nitrogen and oxygen atoms in total. The Kier molecular flexibility index (Phi) is 5.71. The van der Waals surface area contributed by atoms with Crippen LogP contribution in [0.5, 0.6) is 0 Å². The highest BCUT2D eigenvalue weighted by molar-refractivity contribution is 7.89. The first kappa shape index (κ1) is 17.6. The van der Waals surface area contributed by atoms with Crippen LogP contribution in [0.1, 0.15) is 18.4 Å². The van der Waals surface area contributed by atoms with Gasteiger partial charge in [0.15, 0.2) is 0 Å². The van der Waals surface area contributed by atoms with Gasteiger partial charge in [0.1, 0.15) is 0 Å². The molecule has 2 heterocycles. The lowest BCUT2D eigenvalue weighted by atomic mass is 10.1. The molecule has 0 spiro atoms. The van der Waals surface area contributed by atoms with E-state index in [1.165, 1.54) is 16.9 Å². The van der Waals surface area contributed by atoms with Crippen LogP contribution in [0.15, 0.2) is 52.1 Å². The van der Waals surface area contributed by atoms with Gasteiger partial charge in [-0.1, -0.05) is 30.3 Å². The van der Waals surface area contributed by atoms with E-state index in [1.807, 2.05) is 11.4 Å². The number of piperidine rings is 1. The average molecular weight is 365 g/mol. The SMILES string of the molecule is CN(CCc1ccccc1)[C@H]1CCCN(S(=O)(=O)c2ccsc2)C1. The molecule has 0 unspecified atom stereocenters. The number of hydrogen-bond acceptors (Lipinski definition) is 4. The predicted molar refractivity (Wildman–Crippen MR) is 98.9 cm³/mol. The Hall–Kier alpha value is -1.21. The van der Waals surface area contributed by atoms with Gasteiger partial charge in [-0.05, 0) is 43.3 Å². The smallest absolute Gasteiger partial charge is 0.243 e. The van der Waals surface area contributed by atoms with Crippen molar-refractivity contribution in [1.82, 2.24) is 9.21 Å². The van der Waals surface area contributed by atoms with Crippen molar-refractivity contribution < 1.29 is 8.42 Å². The Balaban J connectivity index is 1.61. The van der Waals surface area contributed by atoms with Gasteiger partial charge >= 0.3 is 0 Å². The lowest BCUT2D eigenvalue weighted by Crippen LogP contribution is -2.48.